The van der Waals surface area contributed by atoms with E-state index in [4.69, 9.17) is 9.26 Å². The highest BCUT2D eigenvalue weighted by atomic mass is 19.1. The zero-order valence-electron chi connectivity index (χ0n) is 24.0. The molecule has 0 atom stereocenters. The summed E-state index contributed by atoms with van der Waals surface area (Å²) in [7, 11) is 0. The monoisotopic (exact) mass is 572 g/mol. The smallest absolute Gasteiger partial charge is 0.257 e. The summed E-state index contributed by atoms with van der Waals surface area (Å²) in [6.07, 6.45) is 7.77. The van der Waals surface area contributed by atoms with Crippen LogP contribution in [0.15, 0.2) is 29.0 Å². The predicted octanol–water partition coefficient (Wildman–Crippen LogP) is 4.58. The van der Waals surface area contributed by atoms with Crippen LogP contribution >= 0.6 is 0 Å². The van der Waals surface area contributed by atoms with Gasteiger partial charge in [0.2, 0.25) is 17.7 Å². The van der Waals surface area contributed by atoms with Crippen LogP contribution in [0.2, 0.25) is 0 Å². The van der Waals surface area contributed by atoms with E-state index in [1.54, 1.807) is 26.2 Å². The topological polar surface area (TPSA) is 126 Å². The highest BCUT2D eigenvalue weighted by Gasteiger charge is 2.26. The molecular weight excluding hydrogens is 534 g/mol. The van der Waals surface area contributed by atoms with Crippen molar-refractivity contribution < 1.29 is 27.9 Å². The second-order valence-electron chi connectivity index (χ2n) is 11.6. The van der Waals surface area contributed by atoms with E-state index in [1.807, 2.05) is 0 Å². The van der Waals surface area contributed by atoms with Crippen LogP contribution in [0.5, 0.6) is 5.75 Å². The van der Waals surface area contributed by atoms with Gasteiger partial charge in [0.25, 0.3) is 5.91 Å². The van der Waals surface area contributed by atoms with Crippen LogP contribution in [0.25, 0.3) is 11.4 Å². The van der Waals surface area contributed by atoms with Gasteiger partial charge in [-0.25, -0.2) is 18.7 Å². The number of nitrogens with one attached hydrogen (secondary N) is 1. The minimum atomic E-state index is -1.01. The number of rotatable bonds is 12. The molecule has 1 aliphatic heterocycles. The quantitative estimate of drug-likeness (QED) is 0.300. The summed E-state index contributed by atoms with van der Waals surface area (Å²) in [6.45, 7) is 8.89. The number of nitrogens with zero attached hydrogens (tertiary/aromatic N) is 5. The zero-order chi connectivity index (χ0) is 29.6. The molecule has 12 heteroatoms. The van der Waals surface area contributed by atoms with Crippen molar-refractivity contribution in [3.05, 3.63) is 47.6 Å². The number of aliphatic hydroxyl groups excluding tert-OH is 1. The molecule has 10 nitrogen and oxygen atoms in total. The first kappa shape index (κ1) is 30.3. The summed E-state index contributed by atoms with van der Waals surface area (Å²) in [4.78, 5) is 27.9. The van der Waals surface area contributed by atoms with Gasteiger partial charge < -0.3 is 24.6 Å². The van der Waals surface area contributed by atoms with E-state index in [0.29, 0.717) is 41.7 Å². The number of hydrogen-bond acceptors (Lipinski definition) is 9. The first-order valence-electron chi connectivity index (χ1n) is 14.0. The van der Waals surface area contributed by atoms with Crippen molar-refractivity contribution in [2.45, 2.75) is 65.3 Å². The maximum atomic E-state index is 14.5. The largest absolute Gasteiger partial charge is 0.493 e. The predicted molar refractivity (Wildman–Crippen MR) is 149 cm³/mol. The Morgan fingerprint density at radius 1 is 1.20 bits per heavy atom. The van der Waals surface area contributed by atoms with Gasteiger partial charge in [0.15, 0.2) is 0 Å². The van der Waals surface area contributed by atoms with E-state index >= 15 is 0 Å². The lowest BCUT2D eigenvalue weighted by Crippen LogP contribution is -2.46. The van der Waals surface area contributed by atoms with Crippen LogP contribution in [0.3, 0.4) is 0 Å². The third kappa shape index (κ3) is 8.18. The number of halogens is 2. The number of carbonyl (C=O) groups is 1. The number of piperidine rings is 1. The van der Waals surface area contributed by atoms with Crippen molar-refractivity contribution >= 4 is 11.9 Å². The normalized spacial score (nSPS) is 14.5. The second-order valence-corrected chi connectivity index (χ2v) is 11.6. The highest BCUT2D eigenvalue weighted by Crippen LogP contribution is 2.26. The third-order valence-electron chi connectivity index (χ3n) is 6.96. The summed E-state index contributed by atoms with van der Waals surface area (Å²) < 4.78 is 39.9. The van der Waals surface area contributed by atoms with Gasteiger partial charge in [-0.05, 0) is 51.4 Å². The molecule has 0 radical (unpaired) electrons. The van der Waals surface area contributed by atoms with Crippen LogP contribution in [-0.2, 0) is 6.42 Å². The standard InChI is InChI=1S/C29H38F2N6O4/c1-18(2)12-24-34-26(36-41-24)20-15-32-28(33-16-20)37-9-7-19(8-10-37)6-5-11-40-21-13-22(30)25(23(31)14-21)27(39)35-29(3,4)17-38/h13-16,18-19,38H,5-12,17H2,1-4H3,(H,35,39). The molecule has 2 aromatic heterocycles. The minimum absolute atomic E-state index is 0.0327. The molecule has 0 unspecified atom stereocenters. The molecule has 1 fully saturated rings. The molecule has 4 rings (SSSR count). The Bertz CT molecular complexity index is 1280. The van der Waals surface area contributed by atoms with Gasteiger partial charge in [-0.15, -0.1) is 0 Å². The van der Waals surface area contributed by atoms with Gasteiger partial charge in [-0.2, -0.15) is 4.98 Å². The lowest BCUT2D eigenvalue weighted by atomic mass is 9.92. The van der Waals surface area contributed by atoms with E-state index in [9.17, 15) is 18.7 Å². The number of hydrogen-bond donors (Lipinski definition) is 2. The number of amides is 1. The van der Waals surface area contributed by atoms with Crippen molar-refractivity contribution in [2.24, 2.45) is 11.8 Å². The minimum Gasteiger partial charge on any atom is -0.493 e. The molecule has 41 heavy (non-hydrogen) atoms. The maximum Gasteiger partial charge on any atom is 0.257 e. The average Bonchev–Trinajstić information content (AvgIpc) is 3.39. The van der Waals surface area contributed by atoms with Crippen molar-refractivity contribution in [3.63, 3.8) is 0 Å². The second kappa shape index (κ2) is 13.3. The van der Waals surface area contributed by atoms with E-state index in [2.05, 4.69) is 44.2 Å². The number of anilines is 1. The van der Waals surface area contributed by atoms with E-state index in [-0.39, 0.29) is 12.4 Å². The summed E-state index contributed by atoms with van der Waals surface area (Å²) in [5.74, 6) is -0.230. The van der Waals surface area contributed by atoms with Gasteiger partial charge >= 0.3 is 0 Å². The molecule has 3 aromatic rings. The average molecular weight is 573 g/mol. The molecule has 0 aliphatic carbocycles. The number of aromatic nitrogens is 4. The Morgan fingerprint density at radius 3 is 2.46 bits per heavy atom. The number of aliphatic hydroxyl groups is 1. The van der Waals surface area contributed by atoms with Gasteiger partial charge in [0.05, 0.1) is 24.3 Å². The molecule has 2 N–H and O–H groups in total. The molecular formula is C29H38F2N6O4. The molecule has 0 saturated carbocycles. The lowest BCUT2D eigenvalue weighted by Gasteiger charge is -2.32. The summed E-state index contributed by atoms with van der Waals surface area (Å²) in [5.41, 5.74) is -0.993. The van der Waals surface area contributed by atoms with Crippen LogP contribution in [0, 0.1) is 23.5 Å². The Kier molecular flexibility index (Phi) is 9.85. The highest BCUT2D eigenvalue weighted by molar-refractivity contribution is 5.95. The van der Waals surface area contributed by atoms with Crippen molar-refractivity contribution in [1.82, 2.24) is 25.4 Å². The van der Waals surface area contributed by atoms with E-state index < -0.39 is 28.6 Å². The van der Waals surface area contributed by atoms with Gasteiger partial charge in [-0.1, -0.05) is 19.0 Å². The van der Waals surface area contributed by atoms with E-state index in [1.165, 1.54) is 0 Å². The maximum absolute atomic E-state index is 14.5. The Labute approximate surface area is 238 Å². The lowest BCUT2D eigenvalue weighted by molar-refractivity contribution is 0.0860. The number of ether oxygens (including phenoxy) is 1. The van der Waals surface area contributed by atoms with Gasteiger partial charge in [0.1, 0.15) is 22.9 Å². The van der Waals surface area contributed by atoms with Crippen LogP contribution in [0.4, 0.5) is 14.7 Å². The van der Waals surface area contributed by atoms with Crippen LogP contribution < -0.4 is 15.0 Å². The fraction of sp³-hybridized carbons (Fsp3) is 0.552. The third-order valence-corrected chi connectivity index (χ3v) is 6.96. The summed E-state index contributed by atoms with van der Waals surface area (Å²) >= 11 is 0. The molecule has 3 heterocycles. The molecule has 0 bridgehead atoms. The van der Waals surface area contributed by atoms with Gasteiger partial charge in [-0.3, -0.25) is 4.79 Å². The number of benzene rings is 1. The molecule has 1 aromatic carbocycles. The molecule has 0 spiro atoms. The van der Waals surface area contributed by atoms with Crippen molar-refractivity contribution in [3.8, 4) is 17.1 Å². The number of carbonyl (C=O) groups excluding carboxylic acids is 1. The van der Waals surface area contributed by atoms with Crippen LogP contribution in [0.1, 0.15) is 69.6 Å². The fourth-order valence-electron chi connectivity index (χ4n) is 4.65. The molecule has 1 saturated heterocycles. The van der Waals surface area contributed by atoms with Crippen LogP contribution in [-0.4, -0.2) is 63.0 Å². The van der Waals surface area contributed by atoms with Crippen molar-refractivity contribution in [2.75, 3.05) is 31.2 Å². The Hall–Kier alpha value is -3.67. The molecule has 1 amide bonds. The zero-order valence-corrected chi connectivity index (χ0v) is 24.0. The van der Waals surface area contributed by atoms with Crippen molar-refractivity contribution in [1.29, 1.82) is 0 Å². The first-order chi connectivity index (χ1) is 19.5. The van der Waals surface area contributed by atoms with E-state index in [0.717, 1.165) is 57.3 Å². The summed E-state index contributed by atoms with van der Waals surface area (Å²) in [6, 6.07) is 2.02. The first-order valence-corrected chi connectivity index (χ1v) is 14.0. The molecule has 1 aliphatic rings. The SMILES string of the molecule is CC(C)Cc1nc(-c2cnc(N3CCC(CCCOc4cc(F)c(C(=O)NC(C)(C)CO)c(F)c4)CC3)nc2)no1. The Morgan fingerprint density at radius 2 is 1.85 bits per heavy atom. The summed E-state index contributed by atoms with van der Waals surface area (Å²) in [5, 5.41) is 15.7. The Balaban J connectivity index is 1.20. The van der Waals surface area contributed by atoms with Gasteiger partial charge in [0, 0.05) is 44.0 Å². The molecule has 222 valence electrons. The fourth-order valence-corrected chi connectivity index (χ4v) is 4.65.